The lowest BCUT2D eigenvalue weighted by atomic mass is 10.2. The Morgan fingerprint density at radius 2 is 2.33 bits per heavy atom. The highest BCUT2D eigenvalue weighted by Gasteiger charge is 2.12. The number of carbonyl (C=O) groups is 1. The molecule has 1 heterocycles. The number of hydrogen-bond acceptors (Lipinski definition) is 5. The van der Waals surface area contributed by atoms with Crippen molar-refractivity contribution in [2.24, 2.45) is 0 Å². The van der Waals surface area contributed by atoms with E-state index in [1.54, 1.807) is 12.1 Å². The van der Waals surface area contributed by atoms with Gasteiger partial charge < -0.3 is 5.11 Å². The number of nitriles is 1. The monoisotopic (exact) mass is 268 g/mol. The summed E-state index contributed by atoms with van der Waals surface area (Å²) in [5, 5.41) is 30.0. The third-order valence-corrected chi connectivity index (χ3v) is 3.07. The van der Waals surface area contributed by atoms with Crippen LogP contribution in [0.5, 0.6) is 0 Å². The number of aromatic nitrogens is 1. The number of pyridine rings is 1. The molecule has 6 nitrogen and oxygen atoms in total. The molecule has 0 atom stereocenters. The zero-order valence-corrected chi connectivity index (χ0v) is 10.5. The van der Waals surface area contributed by atoms with Crippen LogP contribution in [0, 0.1) is 11.3 Å². The van der Waals surface area contributed by atoms with E-state index in [1.807, 2.05) is 6.07 Å². The van der Waals surface area contributed by atoms with Crippen LogP contribution in [-0.4, -0.2) is 28.7 Å². The van der Waals surface area contributed by atoms with Crippen molar-refractivity contribution in [1.29, 1.82) is 5.26 Å². The number of hydrogen-bond donors (Lipinski definition) is 3. The van der Waals surface area contributed by atoms with Gasteiger partial charge in [-0.3, -0.25) is 15.3 Å². The summed E-state index contributed by atoms with van der Waals surface area (Å²) in [4.78, 5) is 10.4. The fourth-order valence-corrected chi connectivity index (χ4v) is 1.96. The van der Waals surface area contributed by atoms with Crippen LogP contribution < -0.4 is 10.0 Å². The predicted molar refractivity (Wildman–Crippen MR) is 64.1 cm³/mol. The minimum absolute atomic E-state index is 0.0379. The van der Waals surface area contributed by atoms with E-state index in [0.29, 0.717) is 17.3 Å². The Labute approximate surface area is 109 Å². The normalized spacial score (nSPS) is 9.94. The first-order chi connectivity index (χ1) is 8.63. The highest BCUT2D eigenvalue weighted by Crippen LogP contribution is 2.12. The summed E-state index contributed by atoms with van der Waals surface area (Å²) < 4.78 is 0.968. The van der Waals surface area contributed by atoms with Gasteiger partial charge >= 0.3 is 5.97 Å². The Balaban J connectivity index is 2.51. The van der Waals surface area contributed by atoms with Crippen molar-refractivity contribution >= 4 is 17.7 Å². The number of nitrogens with one attached hydrogen (secondary N) is 1. The van der Waals surface area contributed by atoms with Crippen LogP contribution in [0.15, 0.2) is 23.4 Å². The second kappa shape index (κ2) is 7.53. The smallest absolute Gasteiger partial charge is 0.303 e. The van der Waals surface area contributed by atoms with Gasteiger partial charge in [-0.05, 0) is 24.2 Å². The first-order valence-corrected chi connectivity index (χ1v) is 6.28. The lowest BCUT2D eigenvalue weighted by Crippen LogP contribution is -2.33. The van der Waals surface area contributed by atoms with Crippen LogP contribution in [0.4, 0.5) is 0 Å². The highest BCUT2D eigenvalue weighted by atomic mass is 32.2. The van der Waals surface area contributed by atoms with E-state index in [-0.39, 0.29) is 13.0 Å². The zero-order chi connectivity index (χ0) is 13.4. The zero-order valence-electron chi connectivity index (χ0n) is 9.67. The molecule has 0 aliphatic rings. The predicted octanol–water partition coefficient (Wildman–Crippen LogP) is 0.391. The molecule has 0 aromatic carbocycles. The molecule has 0 aliphatic heterocycles. The Kier molecular flexibility index (Phi) is 5.97. The summed E-state index contributed by atoms with van der Waals surface area (Å²) in [6.07, 6.45) is 1.92. The van der Waals surface area contributed by atoms with Gasteiger partial charge in [0, 0.05) is 22.8 Å². The number of rotatable bonds is 7. The first-order valence-electron chi connectivity index (χ1n) is 5.29. The fraction of sp³-hybridized carbons (Fsp3) is 0.364. The molecule has 1 aromatic rings. The maximum absolute atomic E-state index is 10.4. The van der Waals surface area contributed by atoms with Gasteiger partial charge in [0.15, 0.2) is 0 Å². The molecule has 0 aliphatic carbocycles. The lowest BCUT2D eigenvalue weighted by Gasteiger charge is -2.00. The third-order valence-electron chi connectivity index (χ3n) is 2.11. The summed E-state index contributed by atoms with van der Waals surface area (Å²) >= 11 is 1.35. The van der Waals surface area contributed by atoms with Gasteiger partial charge in [-0.15, -0.1) is 0 Å². The van der Waals surface area contributed by atoms with Gasteiger partial charge in [0.1, 0.15) is 0 Å². The molecule has 1 rings (SSSR count). The number of aliphatic carboxylic acids is 1. The average molecular weight is 268 g/mol. The molecule has 0 amide bonds. The minimum Gasteiger partial charge on any atom is -0.481 e. The summed E-state index contributed by atoms with van der Waals surface area (Å²) in [7, 11) is 0. The van der Waals surface area contributed by atoms with Gasteiger partial charge in [-0.2, -0.15) is 5.26 Å². The maximum Gasteiger partial charge on any atom is 0.303 e. The quantitative estimate of drug-likeness (QED) is 0.165. The van der Waals surface area contributed by atoms with E-state index in [2.05, 4.69) is 5.32 Å². The number of carboxylic acid groups (broad SMARTS) is 1. The molecular formula is C11H14N3O3S+. The van der Waals surface area contributed by atoms with Crippen LogP contribution in [0.3, 0.4) is 0 Å². The average Bonchev–Trinajstić information content (AvgIpc) is 2.34. The molecule has 0 saturated carbocycles. The molecule has 0 unspecified atom stereocenters. The van der Waals surface area contributed by atoms with Crippen molar-refractivity contribution in [3.8, 4) is 6.07 Å². The topological polar surface area (TPSA) is 97.2 Å². The maximum atomic E-state index is 10.4. The molecule has 0 fully saturated rings. The summed E-state index contributed by atoms with van der Waals surface area (Å²) in [5.74, 6) is -0.346. The standard InChI is InChI=1S/C11H13N3O3S/c12-5-6-13-8-18-10-3-1-9(7-14(10)17)2-4-11(15)16/h1,3,7,13H,2,4,6,8H2,(H-,15,16,17)/p+1. The van der Waals surface area contributed by atoms with Crippen molar-refractivity contribution < 1.29 is 19.8 Å². The van der Waals surface area contributed by atoms with Gasteiger partial charge in [-0.1, -0.05) is 0 Å². The minimum atomic E-state index is -0.862. The van der Waals surface area contributed by atoms with E-state index >= 15 is 0 Å². The van der Waals surface area contributed by atoms with Crippen molar-refractivity contribution in [3.63, 3.8) is 0 Å². The first kappa shape index (κ1) is 14.3. The summed E-state index contributed by atoms with van der Waals surface area (Å²) in [6, 6.07) is 5.45. The number of nitrogens with zero attached hydrogens (tertiary/aromatic N) is 2. The third kappa shape index (κ3) is 5.03. The van der Waals surface area contributed by atoms with E-state index < -0.39 is 5.97 Å². The Morgan fingerprint density at radius 1 is 1.56 bits per heavy atom. The number of carboxylic acids is 1. The molecular weight excluding hydrogens is 254 g/mol. The highest BCUT2D eigenvalue weighted by molar-refractivity contribution is 7.99. The number of thioether (sulfide) groups is 1. The van der Waals surface area contributed by atoms with Crippen LogP contribution >= 0.6 is 11.8 Å². The van der Waals surface area contributed by atoms with Crippen LogP contribution in [-0.2, 0) is 11.2 Å². The molecule has 0 radical (unpaired) electrons. The number of aryl methyl sites for hydroxylation is 1. The van der Waals surface area contributed by atoms with Gasteiger partial charge in [0.25, 0.3) is 5.03 Å². The molecule has 0 bridgehead atoms. The van der Waals surface area contributed by atoms with Crippen LogP contribution in [0.1, 0.15) is 12.0 Å². The van der Waals surface area contributed by atoms with Crippen molar-refractivity contribution in [3.05, 3.63) is 23.9 Å². The SMILES string of the molecule is N#CCNCSc1ccc(CCC(=O)O)c[n+]1O. The van der Waals surface area contributed by atoms with E-state index in [0.717, 1.165) is 10.3 Å². The van der Waals surface area contributed by atoms with Crippen molar-refractivity contribution in [1.82, 2.24) is 5.32 Å². The van der Waals surface area contributed by atoms with Crippen molar-refractivity contribution in [2.45, 2.75) is 17.9 Å². The molecule has 96 valence electrons. The molecule has 3 N–H and O–H groups in total. The van der Waals surface area contributed by atoms with Gasteiger partial charge in [0.2, 0.25) is 6.20 Å². The molecule has 0 saturated heterocycles. The molecule has 18 heavy (non-hydrogen) atoms. The second-order valence-electron chi connectivity index (χ2n) is 3.49. The molecule has 0 spiro atoms. The van der Waals surface area contributed by atoms with E-state index in [4.69, 9.17) is 10.4 Å². The molecule has 7 heteroatoms. The van der Waals surface area contributed by atoms with E-state index in [9.17, 15) is 10.0 Å². The largest absolute Gasteiger partial charge is 0.481 e. The lowest BCUT2D eigenvalue weighted by molar-refractivity contribution is -0.932. The van der Waals surface area contributed by atoms with Gasteiger partial charge in [-0.25, -0.2) is 0 Å². The molecule has 1 aromatic heterocycles. The van der Waals surface area contributed by atoms with Crippen LogP contribution in [0.25, 0.3) is 0 Å². The Bertz CT molecular complexity index is 459. The van der Waals surface area contributed by atoms with E-state index in [1.165, 1.54) is 18.0 Å². The second-order valence-corrected chi connectivity index (χ2v) is 4.48. The van der Waals surface area contributed by atoms with Crippen molar-refractivity contribution in [2.75, 3.05) is 12.4 Å². The Morgan fingerprint density at radius 3 is 2.94 bits per heavy atom. The fourth-order valence-electron chi connectivity index (χ4n) is 1.26. The summed E-state index contributed by atoms with van der Waals surface area (Å²) in [6.45, 7) is 0.259. The Hall–Kier alpha value is -1.78. The van der Waals surface area contributed by atoms with Gasteiger partial charge in [0.05, 0.1) is 18.5 Å². The summed E-state index contributed by atoms with van der Waals surface area (Å²) in [5.41, 5.74) is 0.759. The van der Waals surface area contributed by atoms with Crippen LogP contribution in [0.2, 0.25) is 0 Å².